The molecule has 2 aliphatic rings. The first-order chi connectivity index (χ1) is 6.93. The fraction of sp³-hybridized carbons (Fsp3) is 0.636. The molecule has 0 amide bonds. The van der Waals surface area contributed by atoms with Gasteiger partial charge in [-0.05, 0) is 24.3 Å². The first kappa shape index (κ1) is 8.89. The third kappa shape index (κ3) is 1.72. The molecule has 1 aromatic heterocycles. The molecule has 0 aromatic carbocycles. The summed E-state index contributed by atoms with van der Waals surface area (Å²) in [5.41, 5.74) is 0. The van der Waals surface area contributed by atoms with Crippen LogP contribution in [0.2, 0.25) is 0 Å². The van der Waals surface area contributed by atoms with Crippen LogP contribution in [0.5, 0.6) is 0 Å². The van der Waals surface area contributed by atoms with Gasteiger partial charge in [-0.3, -0.25) is 4.90 Å². The van der Waals surface area contributed by atoms with Gasteiger partial charge in [0.1, 0.15) is 0 Å². The Kier molecular flexibility index (Phi) is 2.32. The number of thiophene rings is 1. The van der Waals surface area contributed by atoms with Crippen molar-refractivity contribution in [2.24, 2.45) is 0 Å². The van der Waals surface area contributed by atoms with Gasteiger partial charge in [0.15, 0.2) is 0 Å². The Labute approximate surface area is 88.9 Å². The normalized spacial score (nSPS) is 29.3. The second-order valence-corrected chi connectivity index (χ2v) is 5.23. The van der Waals surface area contributed by atoms with Gasteiger partial charge in [0, 0.05) is 30.6 Å². The molecule has 0 radical (unpaired) electrons. The van der Waals surface area contributed by atoms with E-state index in [2.05, 4.69) is 27.7 Å². The van der Waals surface area contributed by atoms with E-state index in [0.29, 0.717) is 6.04 Å². The van der Waals surface area contributed by atoms with E-state index >= 15 is 0 Å². The average molecular weight is 208 g/mol. The van der Waals surface area contributed by atoms with Gasteiger partial charge in [0.05, 0.1) is 6.04 Å². The molecule has 3 rings (SSSR count). The Morgan fingerprint density at radius 2 is 2.36 bits per heavy atom. The predicted molar refractivity (Wildman–Crippen MR) is 59.7 cm³/mol. The maximum atomic E-state index is 3.60. The van der Waals surface area contributed by atoms with Gasteiger partial charge in [-0.15, -0.1) is 11.3 Å². The largest absolute Gasteiger partial charge is 0.307 e. The van der Waals surface area contributed by atoms with Gasteiger partial charge in [-0.2, -0.15) is 0 Å². The van der Waals surface area contributed by atoms with Crippen molar-refractivity contribution in [1.29, 1.82) is 0 Å². The van der Waals surface area contributed by atoms with E-state index in [1.165, 1.54) is 30.8 Å². The lowest BCUT2D eigenvalue weighted by molar-refractivity contribution is 0.193. The van der Waals surface area contributed by atoms with Crippen LogP contribution in [0.15, 0.2) is 17.5 Å². The van der Waals surface area contributed by atoms with Crippen molar-refractivity contribution in [3.8, 4) is 0 Å². The maximum Gasteiger partial charge on any atom is 0.0544 e. The molecule has 1 atom stereocenters. The molecule has 3 heteroatoms. The van der Waals surface area contributed by atoms with Crippen molar-refractivity contribution >= 4 is 11.3 Å². The second-order valence-electron chi connectivity index (χ2n) is 4.25. The summed E-state index contributed by atoms with van der Waals surface area (Å²) in [7, 11) is 0. The Bertz CT molecular complexity index is 292. The lowest BCUT2D eigenvalue weighted by Gasteiger charge is -2.33. The minimum Gasteiger partial charge on any atom is -0.307 e. The Morgan fingerprint density at radius 1 is 1.43 bits per heavy atom. The Hall–Kier alpha value is -0.380. The molecule has 0 spiro atoms. The van der Waals surface area contributed by atoms with Crippen molar-refractivity contribution in [2.75, 3.05) is 19.6 Å². The molecule has 2 nitrogen and oxygen atoms in total. The number of hydrogen-bond acceptors (Lipinski definition) is 3. The van der Waals surface area contributed by atoms with E-state index in [-0.39, 0.29) is 0 Å². The lowest BCUT2D eigenvalue weighted by atomic mass is 10.2. The molecule has 14 heavy (non-hydrogen) atoms. The molecule has 0 bridgehead atoms. The third-order valence-corrected chi connectivity index (χ3v) is 4.14. The molecule has 1 aliphatic heterocycles. The monoisotopic (exact) mass is 208 g/mol. The number of nitrogens with zero attached hydrogens (tertiary/aromatic N) is 1. The number of rotatable bonds is 2. The summed E-state index contributed by atoms with van der Waals surface area (Å²) in [5, 5.41) is 5.78. The zero-order valence-corrected chi connectivity index (χ0v) is 9.09. The second kappa shape index (κ2) is 3.65. The fourth-order valence-corrected chi connectivity index (χ4v) is 3.02. The van der Waals surface area contributed by atoms with Crippen molar-refractivity contribution in [2.45, 2.75) is 24.9 Å². The van der Waals surface area contributed by atoms with Gasteiger partial charge >= 0.3 is 0 Å². The maximum absolute atomic E-state index is 3.60. The van der Waals surface area contributed by atoms with Crippen LogP contribution in [0, 0.1) is 0 Å². The number of nitrogens with one attached hydrogen (secondary N) is 1. The van der Waals surface area contributed by atoms with E-state index in [4.69, 9.17) is 0 Å². The minimum atomic E-state index is 0.587. The summed E-state index contributed by atoms with van der Waals surface area (Å²) >= 11 is 1.87. The zero-order valence-electron chi connectivity index (χ0n) is 8.28. The highest BCUT2D eigenvalue weighted by atomic mass is 32.1. The van der Waals surface area contributed by atoms with Crippen LogP contribution < -0.4 is 5.32 Å². The van der Waals surface area contributed by atoms with Crippen LogP contribution in [0.1, 0.15) is 23.8 Å². The van der Waals surface area contributed by atoms with Gasteiger partial charge in [0.25, 0.3) is 0 Å². The van der Waals surface area contributed by atoms with E-state index in [0.717, 1.165) is 12.6 Å². The summed E-state index contributed by atoms with van der Waals surface area (Å²) in [6, 6.07) is 5.90. The first-order valence-electron chi connectivity index (χ1n) is 5.44. The highest BCUT2D eigenvalue weighted by Crippen LogP contribution is 2.30. The summed E-state index contributed by atoms with van der Waals surface area (Å²) in [5.74, 6) is 0. The quantitative estimate of drug-likeness (QED) is 0.798. The average Bonchev–Trinajstić information content (AvgIpc) is 2.94. The van der Waals surface area contributed by atoms with Crippen LogP contribution >= 0.6 is 11.3 Å². The van der Waals surface area contributed by atoms with Crippen LogP contribution in [0.4, 0.5) is 0 Å². The van der Waals surface area contributed by atoms with Crippen molar-refractivity contribution in [3.05, 3.63) is 22.4 Å². The molecule has 1 N–H and O–H groups in total. The number of piperazine rings is 1. The topological polar surface area (TPSA) is 15.3 Å². The molecular formula is C11H16N2S. The standard InChI is InChI=1S/C11H16N2S/c1-2-11(14-7-1)10-8-13(6-5-12-10)9-3-4-9/h1-2,7,9-10,12H,3-6,8H2/t10-/m0/s1. The number of hydrogen-bond donors (Lipinski definition) is 1. The molecular weight excluding hydrogens is 192 g/mol. The molecule has 2 heterocycles. The fourth-order valence-electron chi connectivity index (χ4n) is 2.22. The highest BCUT2D eigenvalue weighted by molar-refractivity contribution is 7.10. The molecule has 2 fully saturated rings. The van der Waals surface area contributed by atoms with Crippen LogP contribution in [-0.2, 0) is 0 Å². The summed E-state index contributed by atoms with van der Waals surface area (Å²) < 4.78 is 0. The van der Waals surface area contributed by atoms with Crippen LogP contribution in [0.3, 0.4) is 0 Å². The van der Waals surface area contributed by atoms with Crippen molar-refractivity contribution in [1.82, 2.24) is 10.2 Å². The van der Waals surface area contributed by atoms with Crippen LogP contribution in [-0.4, -0.2) is 30.6 Å². The lowest BCUT2D eigenvalue weighted by Crippen LogP contribution is -2.46. The van der Waals surface area contributed by atoms with E-state index in [9.17, 15) is 0 Å². The SMILES string of the molecule is c1csc([C@@H]2CN(C3CC3)CCN2)c1. The molecule has 1 saturated carbocycles. The highest BCUT2D eigenvalue weighted by Gasteiger charge is 2.32. The van der Waals surface area contributed by atoms with Gasteiger partial charge in [-0.25, -0.2) is 0 Å². The van der Waals surface area contributed by atoms with Gasteiger partial charge < -0.3 is 5.32 Å². The molecule has 1 aromatic rings. The van der Waals surface area contributed by atoms with E-state index < -0.39 is 0 Å². The van der Waals surface area contributed by atoms with Crippen molar-refractivity contribution < 1.29 is 0 Å². The van der Waals surface area contributed by atoms with Crippen LogP contribution in [0.25, 0.3) is 0 Å². The molecule has 76 valence electrons. The van der Waals surface area contributed by atoms with Gasteiger partial charge in [-0.1, -0.05) is 6.07 Å². The zero-order chi connectivity index (χ0) is 9.38. The van der Waals surface area contributed by atoms with E-state index in [1.807, 2.05) is 11.3 Å². The molecule has 0 unspecified atom stereocenters. The Morgan fingerprint density at radius 3 is 3.07 bits per heavy atom. The minimum absolute atomic E-state index is 0.587. The molecule has 1 saturated heterocycles. The van der Waals surface area contributed by atoms with E-state index in [1.54, 1.807) is 0 Å². The van der Waals surface area contributed by atoms with Crippen molar-refractivity contribution in [3.63, 3.8) is 0 Å². The predicted octanol–water partition coefficient (Wildman–Crippen LogP) is 1.86. The summed E-state index contributed by atoms with van der Waals surface area (Å²) in [6.45, 7) is 3.61. The van der Waals surface area contributed by atoms with Gasteiger partial charge in [0.2, 0.25) is 0 Å². The Balaban J connectivity index is 1.69. The summed E-state index contributed by atoms with van der Waals surface area (Å²) in [6.07, 6.45) is 2.86. The first-order valence-corrected chi connectivity index (χ1v) is 6.32. The smallest absolute Gasteiger partial charge is 0.0544 e. The third-order valence-electron chi connectivity index (χ3n) is 3.16. The summed E-state index contributed by atoms with van der Waals surface area (Å²) in [4.78, 5) is 4.15. The molecule has 1 aliphatic carbocycles.